The summed E-state index contributed by atoms with van der Waals surface area (Å²) in [5.41, 5.74) is 1.28. The van der Waals surface area contributed by atoms with Crippen molar-refractivity contribution < 1.29 is 27.4 Å². The second-order valence-electron chi connectivity index (χ2n) is 7.04. The highest BCUT2D eigenvalue weighted by atomic mass is 32.2. The van der Waals surface area contributed by atoms with Gasteiger partial charge in [-0.2, -0.15) is 0 Å². The second-order valence-corrected chi connectivity index (χ2v) is 9.22. The van der Waals surface area contributed by atoms with E-state index in [0.29, 0.717) is 36.8 Å². The molecule has 168 valence electrons. The maximum atomic E-state index is 12.8. The van der Waals surface area contributed by atoms with Gasteiger partial charge in [-0.25, -0.2) is 8.42 Å². The van der Waals surface area contributed by atoms with Crippen LogP contribution in [0.2, 0.25) is 0 Å². The van der Waals surface area contributed by atoms with Crippen molar-refractivity contribution in [2.24, 2.45) is 0 Å². The molecule has 0 radical (unpaired) electrons. The zero-order valence-corrected chi connectivity index (χ0v) is 18.8. The van der Waals surface area contributed by atoms with Crippen molar-refractivity contribution in [1.29, 1.82) is 0 Å². The van der Waals surface area contributed by atoms with E-state index in [-0.39, 0.29) is 18.3 Å². The van der Waals surface area contributed by atoms with Crippen molar-refractivity contribution in [2.75, 3.05) is 36.9 Å². The Morgan fingerprint density at radius 3 is 2.39 bits per heavy atom. The van der Waals surface area contributed by atoms with E-state index in [1.54, 1.807) is 32.2 Å². The molecule has 2 aromatic rings. The van der Waals surface area contributed by atoms with Gasteiger partial charge in [0, 0.05) is 6.07 Å². The Kier molecular flexibility index (Phi) is 7.27. The first-order chi connectivity index (χ1) is 14.9. The number of nitrogens with zero attached hydrogens (tertiary/aromatic N) is 1. The fourth-order valence-corrected chi connectivity index (χ4v) is 4.38. The summed E-state index contributed by atoms with van der Waals surface area (Å²) >= 11 is 0. The van der Waals surface area contributed by atoms with Gasteiger partial charge < -0.3 is 19.5 Å². The Morgan fingerprint density at radius 1 is 1.10 bits per heavy atom. The zero-order valence-electron chi connectivity index (χ0n) is 18.0. The van der Waals surface area contributed by atoms with Crippen LogP contribution in [0.25, 0.3) is 0 Å². The number of fused-ring (bicyclic) bond motifs is 1. The van der Waals surface area contributed by atoms with Gasteiger partial charge in [-0.1, -0.05) is 19.1 Å². The highest BCUT2D eigenvalue weighted by molar-refractivity contribution is 7.92. The third-order valence-electron chi connectivity index (χ3n) is 5.06. The average molecular weight is 449 g/mol. The topological polar surface area (TPSA) is 94.2 Å². The quantitative estimate of drug-likeness (QED) is 0.634. The number of anilines is 1. The van der Waals surface area contributed by atoms with E-state index >= 15 is 0 Å². The zero-order chi connectivity index (χ0) is 22.4. The summed E-state index contributed by atoms with van der Waals surface area (Å²) in [5, 5.41) is 2.94. The van der Waals surface area contributed by atoms with Crippen molar-refractivity contribution in [2.45, 2.75) is 26.3 Å². The number of rotatable bonds is 9. The lowest BCUT2D eigenvalue weighted by Gasteiger charge is -2.26. The molecule has 1 atom stereocenters. The molecule has 8 nitrogen and oxygen atoms in total. The van der Waals surface area contributed by atoms with E-state index in [4.69, 9.17) is 14.2 Å². The molecule has 0 spiro atoms. The molecule has 1 amide bonds. The van der Waals surface area contributed by atoms with E-state index < -0.39 is 15.9 Å². The number of amides is 1. The molecule has 0 fully saturated rings. The van der Waals surface area contributed by atoms with Gasteiger partial charge >= 0.3 is 0 Å². The summed E-state index contributed by atoms with van der Waals surface area (Å²) in [5.74, 6) is 1.21. The highest BCUT2D eigenvalue weighted by Gasteiger charge is 2.26. The molecule has 0 bridgehead atoms. The molecular formula is C22H28N2O6S. The van der Waals surface area contributed by atoms with Crippen LogP contribution in [-0.4, -0.2) is 46.9 Å². The molecule has 0 saturated carbocycles. The van der Waals surface area contributed by atoms with E-state index in [9.17, 15) is 13.2 Å². The van der Waals surface area contributed by atoms with Gasteiger partial charge in [0.2, 0.25) is 15.9 Å². The number of hydrogen-bond donors (Lipinski definition) is 1. The smallest absolute Gasteiger partial charge is 0.241 e. The molecule has 1 unspecified atom stereocenters. The monoisotopic (exact) mass is 448 g/mol. The first-order valence-electron chi connectivity index (χ1n) is 10.2. The number of hydrogen-bond acceptors (Lipinski definition) is 6. The predicted molar refractivity (Wildman–Crippen MR) is 118 cm³/mol. The van der Waals surface area contributed by atoms with Crippen LogP contribution in [0, 0.1) is 0 Å². The SMILES string of the molecule is CCC(NC(=O)CN(c1ccc2c(c1)OCCO2)S(=O)(=O)CC)c1ccc(OC)cc1. The lowest BCUT2D eigenvalue weighted by atomic mass is 10.0. The first kappa shape index (κ1) is 22.7. The molecule has 2 aromatic carbocycles. The van der Waals surface area contributed by atoms with Crippen LogP contribution in [-0.2, 0) is 14.8 Å². The molecule has 1 N–H and O–H groups in total. The van der Waals surface area contributed by atoms with Crippen molar-refractivity contribution in [3.05, 3.63) is 48.0 Å². The summed E-state index contributed by atoms with van der Waals surface area (Å²) < 4.78 is 42.9. The minimum absolute atomic E-state index is 0.135. The molecule has 1 aliphatic rings. The summed E-state index contributed by atoms with van der Waals surface area (Å²) in [6.07, 6.45) is 0.655. The lowest BCUT2D eigenvalue weighted by molar-refractivity contribution is -0.120. The molecule has 0 aromatic heterocycles. The molecular weight excluding hydrogens is 420 g/mol. The lowest BCUT2D eigenvalue weighted by Crippen LogP contribution is -2.42. The molecule has 0 aliphatic carbocycles. The molecule has 1 aliphatic heterocycles. The van der Waals surface area contributed by atoms with Crippen LogP contribution in [0.5, 0.6) is 17.2 Å². The van der Waals surface area contributed by atoms with Crippen molar-refractivity contribution in [3.63, 3.8) is 0 Å². The first-order valence-corrected chi connectivity index (χ1v) is 11.8. The van der Waals surface area contributed by atoms with Crippen LogP contribution in [0.4, 0.5) is 5.69 Å². The minimum atomic E-state index is -3.69. The number of ether oxygens (including phenoxy) is 3. The third kappa shape index (κ3) is 5.41. The van der Waals surface area contributed by atoms with Gasteiger partial charge in [-0.3, -0.25) is 9.10 Å². The van der Waals surface area contributed by atoms with E-state index in [1.165, 1.54) is 0 Å². The van der Waals surface area contributed by atoms with Gasteiger partial charge in [-0.15, -0.1) is 0 Å². The summed E-state index contributed by atoms with van der Waals surface area (Å²) in [4.78, 5) is 12.8. The van der Waals surface area contributed by atoms with E-state index in [2.05, 4.69) is 5.32 Å². The number of benzene rings is 2. The Balaban J connectivity index is 1.80. The number of carbonyl (C=O) groups is 1. The van der Waals surface area contributed by atoms with Crippen LogP contribution in [0.3, 0.4) is 0 Å². The number of methoxy groups -OCH3 is 1. The molecule has 31 heavy (non-hydrogen) atoms. The van der Waals surface area contributed by atoms with Gasteiger partial charge in [0.05, 0.1) is 24.6 Å². The minimum Gasteiger partial charge on any atom is -0.497 e. The van der Waals surface area contributed by atoms with Gasteiger partial charge in [0.15, 0.2) is 11.5 Å². The number of carbonyl (C=O) groups excluding carboxylic acids is 1. The maximum Gasteiger partial charge on any atom is 0.241 e. The number of nitrogens with one attached hydrogen (secondary N) is 1. The van der Waals surface area contributed by atoms with Crippen molar-refractivity contribution >= 4 is 21.6 Å². The summed E-state index contributed by atoms with van der Waals surface area (Å²) in [7, 11) is -2.10. The van der Waals surface area contributed by atoms with E-state index in [0.717, 1.165) is 15.6 Å². The third-order valence-corrected chi connectivity index (χ3v) is 6.80. The van der Waals surface area contributed by atoms with Gasteiger partial charge in [-0.05, 0) is 43.2 Å². The Labute approximate surface area is 183 Å². The van der Waals surface area contributed by atoms with Gasteiger partial charge in [0.25, 0.3) is 0 Å². The standard InChI is InChI=1S/C22H28N2O6S/c1-4-19(16-6-9-18(28-3)10-7-16)23-22(25)15-24(31(26,27)5-2)17-8-11-20-21(14-17)30-13-12-29-20/h6-11,14,19H,4-5,12-13,15H2,1-3H3,(H,23,25). The van der Waals surface area contributed by atoms with Crippen LogP contribution in [0.1, 0.15) is 31.9 Å². The fourth-order valence-electron chi connectivity index (χ4n) is 3.32. The number of sulfonamides is 1. The molecule has 3 rings (SSSR count). The van der Waals surface area contributed by atoms with Crippen LogP contribution < -0.4 is 23.8 Å². The largest absolute Gasteiger partial charge is 0.497 e. The van der Waals surface area contributed by atoms with Crippen molar-refractivity contribution in [1.82, 2.24) is 5.32 Å². The molecule has 9 heteroatoms. The van der Waals surface area contributed by atoms with E-state index in [1.807, 2.05) is 31.2 Å². The summed E-state index contributed by atoms with van der Waals surface area (Å²) in [6.45, 7) is 4.00. The molecule has 1 heterocycles. The average Bonchev–Trinajstić information content (AvgIpc) is 2.80. The van der Waals surface area contributed by atoms with Crippen LogP contribution >= 0.6 is 0 Å². The maximum absolute atomic E-state index is 12.8. The van der Waals surface area contributed by atoms with Gasteiger partial charge in [0.1, 0.15) is 25.5 Å². The normalized spacial score (nSPS) is 13.9. The fraction of sp³-hybridized carbons (Fsp3) is 0.409. The second kappa shape index (κ2) is 9.91. The molecule has 0 saturated heterocycles. The Hall–Kier alpha value is -2.94. The van der Waals surface area contributed by atoms with Crippen molar-refractivity contribution in [3.8, 4) is 17.2 Å². The highest BCUT2D eigenvalue weighted by Crippen LogP contribution is 2.34. The summed E-state index contributed by atoms with van der Waals surface area (Å²) in [6, 6.07) is 12.0. The van der Waals surface area contributed by atoms with Crippen LogP contribution in [0.15, 0.2) is 42.5 Å². The Bertz CT molecular complexity index is 1010. The predicted octanol–water partition coefficient (Wildman–Crippen LogP) is 2.89. The Morgan fingerprint density at radius 2 is 1.77 bits per heavy atom.